The van der Waals surface area contributed by atoms with Gasteiger partial charge in [0.25, 0.3) is 0 Å². The molecule has 0 radical (unpaired) electrons. The van der Waals surface area contributed by atoms with Crippen LogP contribution in [0.4, 0.5) is 11.4 Å². The molecule has 3 heteroatoms. The summed E-state index contributed by atoms with van der Waals surface area (Å²) < 4.78 is 1.09. The van der Waals surface area contributed by atoms with Crippen LogP contribution in [-0.4, -0.2) is 6.34 Å². The van der Waals surface area contributed by atoms with Crippen molar-refractivity contribution in [2.75, 3.05) is 4.90 Å². The normalized spacial score (nSPS) is 13.6. The van der Waals surface area contributed by atoms with E-state index in [-0.39, 0.29) is 0 Å². The summed E-state index contributed by atoms with van der Waals surface area (Å²) in [6, 6.07) is 16.5. The zero-order valence-corrected chi connectivity index (χ0v) is 10.8. The number of halogens is 1. The maximum absolute atomic E-state index is 4.46. The first-order valence-corrected chi connectivity index (χ1v) is 6.26. The van der Waals surface area contributed by atoms with Gasteiger partial charge >= 0.3 is 0 Å². The van der Waals surface area contributed by atoms with Crippen molar-refractivity contribution in [2.45, 2.75) is 6.54 Å². The molecule has 1 heterocycles. The van der Waals surface area contributed by atoms with Gasteiger partial charge in [-0.2, -0.15) is 0 Å². The molecule has 1 aliphatic heterocycles. The van der Waals surface area contributed by atoms with Crippen LogP contribution in [0.2, 0.25) is 0 Å². The van der Waals surface area contributed by atoms with E-state index in [1.54, 1.807) is 0 Å². The van der Waals surface area contributed by atoms with Crippen molar-refractivity contribution in [3.05, 3.63) is 58.6 Å². The maximum atomic E-state index is 4.46. The molecule has 0 spiro atoms. The highest BCUT2D eigenvalue weighted by Gasteiger charge is 2.12. The number of fused-ring (bicyclic) bond motifs is 1. The third-order valence-corrected chi connectivity index (χ3v) is 3.36. The van der Waals surface area contributed by atoms with Crippen LogP contribution in [0.15, 0.2) is 58.0 Å². The molecular weight excluding hydrogens is 276 g/mol. The molecule has 0 atom stereocenters. The number of aliphatic imine (C=N–C) groups is 1. The van der Waals surface area contributed by atoms with E-state index in [1.807, 2.05) is 30.6 Å². The molecule has 0 aromatic heterocycles. The highest BCUT2D eigenvalue weighted by atomic mass is 79.9. The van der Waals surface area contributed by atoms with Gasteiger partial charge in [0, 0.05) is 10.2 Å². The van der Waals surface area contributed by atoms with E-state index in [0.29, 0.717) is 0 Å². The predicted octanol–water partition coefficient (Wildman–Crippen LogP) is 4.13. The molecular formula is C14H11BrN2. The van der Waals surface area contributed by atoms with Crippen LogP contribution >= 0.6 is 15.9 Å². The zero-order chi connectivity index (χ0) is 11.7. The summed E-state index contributed by atoms with van der Waals surface area (Å²) >= 11 is 3.44. The third-order valence-electron chi connectivity index (χ3n) is 2.83. The minimum absolute atomic E-state index is 0.876. The lowest BCUT2D eigenvalue weighted by molar-refractivity contribution is 0.996. The van der Waals surface area contributed by atoms with Crippen LogP contribution in [-0.2, 0) is 6.54 Å². The largest absolute Gasteiger partial charge is 0.328 e. The van der Waals surface area contributed by atoms with Crippen LogP contribution in [0.25, 0.3) is 0 Å². The van der Waals surface area contributed by atoms with Crippen molar-refractivity contribution in [2.24, 2.45) is 4.99 Å². The monoisotopic (exact) mass is 286 g/mol. The van der Waals surface area contributed by atoms with E-state index < -0.39 is 0 Å². The molecule has 0 amide bonds. The molecule has 2 aromatic carbocycles. The van der Waals surface area contributed by atoms with Gasteiger partial charge in [-0.3, -0.25) is 0 Å². The Balaban J connectivity index is 1.92. The fraction of sp³-hybridized carbons (Fsp3) is 0.0714. The van der Waals surface area contributed by atoms with Gasteiger partial charge in [-0.15, -0.1) is 0 Å². The highest BCUT2D eigenvalue weighted by molar-refractivity contribution is 9.10. The fourth-order valence-electron chi connectivity index (χ4n) is 1.92. The van der Waals surface area contributed by atoms with Crippen molar-refractivity contribution in [3.63, 3.8) is 0 Å². The number of nitrogens with zero attached hydrogens (tertiary/aromatic N) is 2. The lowest BCUT2D eigenvalue weighted by Crippen LogP contribution is -2.22. The summed E-state index contributed by atoms with van der Waals surface area (Å²) in [6.45, 7) is 0.876. The maximum Gasteiger partial charge on any atom is 0.0960 e. The molecule has 1 aliphatic rings. The van der Waals surface area contributed by atoms with Gasteiger partial charge in [-0.05, 0) is 35.9 Å². The molecule has 0 fully saturated rings. The summed E-state index contributed by atoms with van der Waals surface area (Å²) in [5.41, 5.74) is 3.49. The Kier molecular flexibility index (Phi) is 2.69. The standard InChI is InChI=1S/C14H11BrN2/c15-12-5-7-13(8-6-12)17-9-11-3-1-2-4-14(11)16-10-17/h1-8,10H,9H2. The number of benzene rings is 2. The van der Waals surface area contributed by atoms with Crippen LogP contribution in [0.1, 0.15) is 5.56 Å². The van der Waals surface area contributed by atoms with Gasteiger partial charge in [-0.1, -0.05) is 34.1 Å². The average molecular weight is 287 g/mol. The number of hydrogen-bond acceptors (Lipinski definition) is 2. The zero-order valence-electron chi connectivity index (χ0n) is 9.18. The lowest BCUT2D eigenvalue weighted by Gasteiger charge is -2.24. The summed E-state index contributed by atoms with van der Waals surface area (Å²) in [7, 11) is 0. The SMILES string of the molecule is Brc1ccc(N2C=Nc3ccccc3C2)cc1. The van der Waals surface area contributed by atoms with Crippen LogP contribution in [0.3, 0.4) is 0 Å². The fourth-order valence-corrected chi connectivity index (χ4v) is 2.18. The Morgan fingerprint density at radius 1 is 1.00 bits per heavy atom. The van der Waals surface area contributed by atoms with E-state index in [4.69, 9.17) is 0 Å². The first-order chi connectivity index (χ1) is 8.33. The quantitative estimate of drug-likeness (QED) is 0.770. The summed E-state index contributed by atoms with van der Waals surface area (Å²) in [4.78, 5) is 6.61. The Hall–Kier alpha value is -1.61. The minimum Gasteiger partial charge on any atom is -0.328 e. The van der Waals surface area contributed by atoms with E-state index in [2.05, 4.69) is 50.1 Å². The van der Waals surface area contributed by atoms with Gasteiger partial charge < -0.3 is 4.90 Å². The number of rotatable bonds is 1. The summed E-state index contributed by atoms with van der Waals surface area (Å²) in [5.74, 6) is 0. The second-order valence-electron chi connectivity index (χ2n) is 3.98. The Morgan fingerprint density at radius 3 is 2.59 bits per heavy atom. The molecule has 3 rings (SSSR count). The lowest BCUT2D eigenvalue weighted by atomic mass is 10.1. The van der Waals surface area contributed by atoms with Crippen LogP contribution in [0.5, 0.6) is 0 Å². The topological polar surface area (TPSA) is 15.6 Å². The van der Waals surface area contributed by atoms with Crippen molar-refractivity contribution >= 4 is 33.6 Å². The van der Waals surface area contributed by atoms with Gasteiger partial charge in [0.05, 0.1) is 18.6 Å². The molecule has 2 nitrogen and oxygen atoms in total. The smallest absolute Gasteiger partial charge is 0.0960 e. The molecule has 17 heavy (non-hydrogen) atoms. The van der Waals surface area contributed by atoms with E-state index in [0.717, 1.165) is 22.4 Å². The Morgan fingerprint density at radius 2 is 1.76 bits per heavy atom. The molecule has 2 aromatic rings. The average Bonchev–Trinajstić information content (AvgIpc) is 2.39. The van der Waals surface area contributed by atoms with Crippen LogP contribution < -0.4 is 4.90 Å². The predicted molar refractivity (Wildman–Crippen MR) is 74.9 cm³/mol. The summed E-state index contributed by atoms with van der Waals surface area (Å²) in [6.07, 6.45) is 1.89. The van der Waals surface area contributed by atoms with Crippen molar-refractivity contribution in [3.8, 4) is 0 Å². The van der Waals surface area contributed by atoms with E-state index in [1.165, 1.54) is 5.56 Å². The van der Waals surface area contributed by atoms with E-state index in [9.17, 15) is 0 Å². The Bertz CT molecular complexity index is 561. The Labute approximate surface area is 109 Å². The molecule has 0 N–H and O–H groups in total. The number of hydrogen-bond donors (Lipinski definition) is 0. The first kappa shape index (κ1) is 10.5. The molecule has 0 bridgehead atoms. The van der Waals surface area contributed by atoms with Crippen molar-refractivity contribution < 1.29 is 0 Å². The first-order valence-electron chi connectivity index (χ1n) is 5.47. The summed E-state index contributed by atoms with van der Waals surface area (Å²) in [5, 5.41) is 0. The molecule has 0 saturated heterocycles. The molecule has 0 unspecified atom stereocenters. The molecule has 0 aliphatic carbocycles. The van der Waals surface area contributed by atoms with E-state index >= 15 is 0 Å². The van der Waals surface area contributed by atoms with Gasteiger partial charge in [0.1, 0.15) is 0 Å². The highest BCUT2D eigenvalue weighted by Crippen LogP contribution is 2.27. The van der Waals surface area contributed by atoms with Gasteiger partial charge in [-0.25, -0.2) is 4.99 Å². The minimum atomic E-state index is 0.876. The number of anilines is 1. The third kappa shape index (κ3) is 2.11. The molecule has 84 valence electrons. The van der Waals surface area contributed by atoms with Crippen molar-refractivity contribution in [1.82, 2.24) is 0 Å². The van der Waals surface area contributed by atoms with Crippen molar-refractivity contribution in [1.29, 1.82) is 0 Å². The van der Waals surface area contributed by atoms with Gasteiger partial charge in [0.15, 0.2) is 0 Å². The molecule has 0 saturated carbocycles. The number of para-hydroxylation sites is 1. The van der Waals surface area contributed by atoms with Crippen LogP contribution in [0, 0.1) is 0 Å². The second-order valence-corrected chi connectivity index (χ2v) is 4.89. The van der Waals surface area contributed by atoms with Gasteiger partial charge in [0.2, 0.25) is 0 Å². The second kappa shape index (κ2) is 4.34.